The van der Waals surface area contributed by atoms with Gasteiger partial charge in [0.15, 0.2) is 6.61 Å². The lowest BCUT2D eigenvalue weighted by atomic mass is 9.57. The summed E-state index contributed by atoms with van der Waals surface area (Å²) < 4.78 is 66.5. The summed E-state index contributed by atoms with van der Waals surface area (Å²) in [5.41, 5.74) is -4.42. The van der Waals surface area contributed by atoms with Crippen LogP contribution in [0, 0.1) is 34.0 Å². The molecule has 4 fully saturated rings. The SMILES string of the molecule is CCC(CC(C)(C(=O)OC1(CC)CCCC1)C(C)(CCC(C)(C)C(=O)Oc1ccc(C(=O)OCC(F)(F)F)cc1)C(=O)OC1C2CC3C(=O)OC1C3C2)c1ccc(O)cc1. The lowest BCUT2D eigenvalue weighted by Gasteiger charge is -2.47. The van der Waals surface area contributed by atoms with Crippen molar-refractivity contribution in [2.24, 2.45) is 34.0 Å². The van der Waals surface area contributed by atoms with Gasteiger partial charge in [-0.25, -0.2) is 4.79 Å². The van der Waals surface area contributed by atoms with Gasteiger partial charge in [0, 0.05) is 11.8 Å². The molecular formula is C46H57F3O11. The lowest BCUT2D eigenvalue weighted by Crippen LogP contribution is -2.54. The van der Waals surface area contributed by atoms with Crippen molar-refractivity contribution in [1.82, 2.24) is 0 Å². The standard InChI is InChI=1S/C46H57F3O11/c1-7-27(28-11-15-31(50)16-12-28)25-44(6,41(55)60-45(8-2)19-9-10-20-45)43(5,40(54)59-35-30-23-33-34(24-30)38(52)58-36(33)35)22-21-42(3,4)39(53)57-32-17-13-29(14-18-32)37(51)56-26-46(47,48)49/h11-18,27,30,33-36,50H,7-10,19-26H2,1-6H3. The molecule has 0 radical (unpaired) electrons. The Balaban J connectivity index is 1.31. The van der Waals surface area contributed by atoms with Crippen LogP contribution in [0.1, 0.15) is 134 Å². The molecule has 1 saturated heterocycles. The first-order valence-electron chi connectivity index (χ1n) is 21.1. The van der Waals surface area contributed by atoms with Gasteiger partial charge >= 0.3 is 36.0 Å². The summed E-state index contributed by atoms with van der Waals surface area (Å²) >= 11 is 0. The molecule has 1 aliphatic heterocycles. The Morgan fingerprint density at radius 2 is 1.52 bits per heavy atom. The van der Waals surface area contributed by atoms with E-state index in [1.165, 1.54) is 24.3 Å². The number of aromatic hydroxyl groups is 1. The van der Waals surface area contributed by atoms with E-state index in [1.807, 2.05) is 13.8 Å². The van der Waals surface area contributed by atoms with Gasteiger partial charge in [0.1, 0.15) is 29.3 Å². The third kappa shape index (κ3) is 9.03. The zero-order valence-electron chi connectivity index (χ0n) is 35.2. The number of hydrogen-bond acceptors (Lipinski definition) is 11. The molecule has 1 N–H and O–H groups in total. The highest BCUT2D eigenvalue weighted by Gasteiger charge is 2.65. The Morgan fingerprint density at radius 1 is 0.867 bits per heavy atom. The second-order valence-electron chi connectivity index (χ2n) is 18.5. The zero-order chi connectivity index (χ0) is 43.8. The maximum Gasteiger partial charge on any atom is 0.422 e. The maximum absolute atomic E-state index is 15.2. The highest BCUT2D eigenvalue weighted by atomic mass is 19.4. The first-order chi connectivity index (χ1) is 28.1. The molecule has 4 aliphatic rings. The highest BCUT2D eigenvalue weighted by molar-refractivity contribution is 5.90. The topological polar surface area (TPSA) is 152 Å². The monoisotopic (exact) mass is 842 g/mol. The van der Waals surface area contributed by atoms with Crippen molar-refractivity contribution in [2.75, 3.05) is 6.61 Å². The minimum atomic E-state index is -4.69. The summed E-state index contributed by atoms with van der Waals surface area (Å²) in [6, 6.07) is 11.7. The fourth-order valence-corrected chi connectivity index (χ4v) is 9.85. The number of phenols is 1. The van der Waals surface area contributed by atoms with E-state index >= 15 is 9.59 Å². The molecule has 2 aromatic carbocycles. The van der Waals surface area contributed by atoms with Crippen LogP contribution < -0.4 is 4.74 Å². The van der Waals surface area contributed by atoms with E-state index in [9.17, 15) is 32.7 Å². The number of alkyl halides is 3. The molecule has 2 aromatic rings. The van der Waals surface area contributed by atoms with Crippen molar-refractivity contribution in [2.45, 2.75) is 142 Å². The van der Waals surface area contributed by atoms with Gasteiger partial charge < -0.3 is 28.8 Å². The Hall–Kier alpha value is -4.62. The number of carbonyl (C=O) groups is 5. The molecule has 0 amide bonds. The molecule has 328 valence electrons. The molecule has 2 bridgehead atoms. The van der Waals surface area contributed by atoms with E-state index in [0.717, 1.165) is 18.4 Å². The second kappa shape index (κ2) is 17.0. The summed E-state index contributed by atoms with van der Waals surface area (Å²) in [5, 5.41) is 10.1. The van der Waals surface area contributed by atoms with E-state index in [1.54, 1.807) is 52.0 Å². The summed E-state index contributed by atoms with van der Waals surface area (Å²) in [5.74, 6) is -3.84. The second-order valence-corrected chi connectivity index (χ2v) is 18.5. The van der Waals surface area contributed by atoms with Gasteiger partial charge in [0.05, 0.1) is 27.7 Å². The molecule has 0 aromatic heterocycles. The maximum atomic E-state index is 15.2. The van der Waals surface area contributed by atoms with E-state index in [0.29, 0.717) is 38.5 Å². The van der Waals surface area contributed by atoms with Crippen LogP contribution in [0.3, 0.4) is 0 Å². The van der Waals surface area contributed by atoms with Crippen molar-refractivity contribution in [3.63, 3.8) is 0 Å². The number of rotatable bonds is 17. The number of ether oxygens (including phenoxy) is 5. The minimum absolute atomic E-state index is 0.0252. The Kier molecular flexibility index (Phi) is 12.8. The van der Waals surface area contributed by atoms with Gasteiger partial charge in [-0.2, -0.15) is 13.2 Å². The third-order valence-corrected chi connectivity index (χ3v) is 14.2. The van der Waals surface area contributed by atoms with E-state index in [4.69, 9.17) is 18.9 Å². The Labute approximate surface area is 349 Å². The fraction of sp³-hybridized carbons (Fsp3) is 0.630. The van der Waals surface area contributed by atoms with Crippen LogP contribution in [0.2, 0.25) is 0 Å². The summed E-state index contributed by atoms with van der Waals surface area (Å²) in [6.07, 6.45) is -0.166. The highest BCUT2D eigenvalue weighted by Crippen LogP contribution is 2.58. The van der Waals surface area contributed by atoms with Crippen molar-refractivity contribution in [1.29, 1.82) is 0 Å². The van der Waals surface area contributed by atoms with E-state index in [2.05, 4.69) is 4.74 Å². The molecule has 8 unspecified atom stereocenters. The van der Waals surface area contributed by atoms with E-state index < -0.39 is 70.7 Å². The van der Waals surface area contributed by atoms with Crippen molar-refractivity contribution in [3.05, 3.63) is 59.7 Å². The third-order valence-electron chi connectivity index (χ3n) is 14.2. The molecule has 8 atom stereocenters. The van der Waals surface area contributed by atoms with Gasteiger partial charge in [0.2, 0.25) is 0 Å². The van der Waals surface area contributed by atoms with Gasteiger partial charge in [-0.1, -0.05) is 26.0 Å². The number of carbonyl (C=O) groups excluding carboxylic acids is 5. The smallest absolute Gasteiger partial charge is 0.422 e. The first-order valence-corrected chi connectivity index (χ1v) is 21.1. The summed E-state index contributed by atoms with van der Waals surface area (Å²) in [6.45, 7) is 8.96. The minimum Gasteiger partial charge on any atom is -0.508 e. The van der Waals surface area contributed by atoms with Crippen LogP contribution in [0.4, 0.5) is 13.2 Å². The van der Waals surface area contributed by atoms with Crippen molar-refractivity contribution in [3.8, 4) is 11.5 Å². The number of benzene rings is 2. The first kappa shape index (κ1) is 44.9. The van der Waals surface area contributed by atoms with Gasteiger partial charge in [0.25, 0.3) is 0 Å². The van der Waals surface area contributed by atoms with Crippen LogP contribution >= 0.6 is 0 Å². The van der Waals surface area contributed by atoms with E-state index in [-0.39, 0.29) is 66.0 Å². The van der Waals surface area contributed by atoms with Crippen LogP contribution in [-0.4, -0.2) is 65.5 Å². The number of esters is 5. The van der Waals surface area contributed by atoms with Crippen LogP contribution in [0.5, 0.6) is 11.5 Å². The molecule has 6 rings (SSSR count). The average molecular weight is 843 g/mol. The number of hydrogen-bond donors (Lipinski definition) is 1. The van der Waals surface area contributed by atoms with Gasteiger partial charge in [-0.15, -0.1) is 0 Å². The Bertz CT molecular complexity index is 1920. The quantitative estimate of drug-likeness (QED) is 0.0922. The predicted molar refractivity (Wildman–Crippen MR) is 210 cm³/mol. The van der Waals surface area contributed by atoms with Crippen LogP contribution in [0.15, 0.2) is 48.5 Å². The molecule has 60 heavy (non-hydrogen) atoms. The molecule has 0 spiro atoms. The largest absolute Gasteiger partial charge is 0.508 e. The van der Waals surface area contributed by atoms with Gasteiger partial charge in [-0.05, 0) is 146 Å². The number of fused-ring (bicyclic) bond motifs is 1. The zero-order valence-corrected chi connectivity index (χ0v) is 35.2. The van der Waals surface area contributed by atoms with Gasteiger partial charge in [-0.3, -0.25) is 19.2 Å². The molecule has 1 heterocycles. The van der Waals surface area contributed by atoms with Crippen molar-refractivity contribution < 1.29 is 65.9 Å². The van der Waals surface area contributed by atoms with Crippen LogP contribution in [0.25, 0.3) is 0 Å². The lowest BCUT2D eigenvalue weighted by molar-refractivity contribution is -0.197. The predicted octanol–water partition coefficient (Wildman–Crippen LogP) is 9.18. The normalized spacial score (nSPS) is 25.4. The Morgan fingerprint density at radius 3 is 2.12 bits per heavy atom. The molecular weight excluding hydrogens is 785 g/mol. The summed E-state index contributed by atoms with van der Waals surface area (Å²) in [7, 11) is 0. The van der Waals surface area contributed by atoms with Crippen molar-refractivity contribution >= 4 is 29.8 Å². The molecule has 14 heteroatoms. The molecule has 3 aliphatic carbocycles. The molecule has 3 saturated carbocycles. The molecule has 11 nitrogen and oxygen atoms in total. The fourth-order valence-electron chi connectivity index (χ4n) is 9.85. The average Bonchev–Trinajstić information content (AvgIpc) is 3.98. The van der Waals surface area contributed by atoms with Crippen LogP contribution in [-0.2, 0) is 38.1 Å². The number of halogens is 3. The summed E-state index contributed by atoms with van der Waals surface area (Å²) in [4.78, 5) is 69.0. The number of phenolic OH excluding ortho intramolecular Hbond substituents is 1.